The molecule has 0 saturated carbocycles. The van der Waals surface area contributed by atoms with Crippen LogP contribution in [-0.2, 0) is 24.5 Å². The first-order valence-corrected chi connectivity index (χ1v) is 9.69. The highest BCUT2D eigenvalue weighted by Gasteiger charge is 2.36. The maximum Gasteiger partial charge on any atom is 0.435 e. The molecular formula is C18H31F3N6O. The van der Waals surface area contributed by atoms with Gasteiger partial charge in [-0.15, -0.1) is 0 Å². The predicted octanol–water partition coefficient (Wildman–Crippen LogP) is 1.99. The zero-order valence-electron chi connectivity index (χ0n) is 16.8. The summed E-state index contributed by atoms with van der Waals surface area (Å²) < 4.78 is 45.5. The average Bonchev–Trinajstić information content (AvgIpc) is 3.03. The minimum absolute atomic E-state index is 0.0696. The number of nitrogens with zero attached hydrogens (tertiary/aromatic N) is 4. The number of ether oxygens (including phenoxy) is 1. The van der Waals surface area contributed by atoms with Crippen LogP contribution in [0.3, 0.4) is 0 Å². The van der Waals surface area contributed by atoms with Gasteiger partial charge in [0.25, 0.3) is 0 Å². The van der Waals surface area contributed by atoms with Gasteiger partial charge in [-0.3, -0.25) is 4.68 Å². The molecule has 0 bridgehead atoms. The smallest absolute Gasteiger partial charge is 0.385 e. The van der Waals surface area contributed by atoms with Crippen LogP contribution in [-0.4, -0.2) is 66.6 Å². The number of aromatic nitrogens is 2. The highest BCUT2D eigenvalue weighted by molar-refractivity contribution is 5.80. The number of hydrogen-bond donors (Lipinski definition) is 2. The van der Waals surface area contributed by atoms with E-state index in [0.29, 0.717) is 12.5 Å². The molecule has 10 heteroatoms. The van der Waals surface area contributed by atoms with Crippen molar-refractivity contribution in [1.29, 1.82) is 0 Å². The molecule has 2 heterocycles. The molecular weight excluding hydrogens is 373 g/mol. The van der Waals surface area contributed by atoms with E-state index in [2.05, 4.69) is 25.6 Å². The highest BCUT2D eigenvalue weighted by Crippen LogP contribution is 2.30. The predicted molar refractivity (Wildman–Crippen MR) is 102 cm³/mol. The number of aryl methyl sites for hydroxylation is 1. The van der Waals surface area contributed by atoms with E-state index in [4.69, 9.17) is 4.74 Å². The van der Waals surface area contributed by atoms with Crippen LogP contribution in [0.4, 0.5) is 13.2 Å². The second-order valence-electron chi connectivity index (χ2n) is 6.98. The maximum absolute atomic E-state index is 13.1. The number of hydrogen-bond acceptors (Lipinski definition) is 4. The summed E-state index contributed by atoms with van der Waals surface area (Å²) in [5, 5.41) is 10.0. The van der Waals surface area contributed by atoms with Crippen molar-refractivity contribution in [1.82, 2.24) is 25.3 Å². The largest absolute Gasteiger partial charge is 0.435 e. The number of guanidine groups is 1. The fraction of sp³-hybridized carbons (Fsp3) is 0.778. The van der Waals surface area contributed by atoms with Crippen LogP contribution in [0.1, 0.15) is 37.4 Å². The Morgan fingerprint density at radius 3 is 2.68 bits per heavy atom. The molecule has 28 heavy (non-hydrogen) atoms. The van der Waals surface area contributed by atoms with Crippen LogP contribution < -0.4 is 10.6 Å². The van der Waals surface area contributed by atoms with E-state index in [1.54, 1.807) is 7.11 Å². The molecule has 1 fully saturated rings. The number of piperidine rings is 1. The molecule has 0 atom stereocenters. The van der Waals surface area contributed by atoms with Crippen LogP contribution in [0, 0.1) is 0 Å². The topological polar surface area (TPSA) is 66.7 Å². The van der Waals surface area contributed by atoms with E-state index >= 15 is 0 Å². The number of likely N-dealkylation sites (tertiary alicyclic amines) is 1. The fourth-order valence-electron chi connectivity index (χ4n) is 3.30. The van der Waals surface area contributed by atoms with Crippen molar-refractivity contribution in [3.63, 3.8) is 0 Å². The van der Waals surface area contributed by atoms with Gasteiger partial charge < -0.3 is 20.3 Å². The summed E-state index contributed by atoms with van der Waals surface area (Å²) in [6.07, 6.45) is -0.149. The van der Waals surface area contributed by atoms with Gasteiger partial charge >= 0.3 is 6.18 Å². The monoisotopic (exact) mass is 404 g/mol. The Balaban J connectivity index is 1.92. The number of rotatable bonds is 8. The van der Waals surface area contributed by atoms with Crippen LogP contribution in [0.2, 0.25) is 0 Å². The number of aliphatic imine (C=N–C) groups is 1. The van der Waals surface area contributed by atoms with Gasteiger partial charge in [0.05, 0.1) is 6.54 Å². The summed E-state index contributed by atoms with van der Waals surface area (Å²) in [6, 6.07) is 0.257. The Morgan fingerprint density at radius 1 is 1.36 bits per heavy atom. The minimum atomic E-state index is -4.48. The van der Waals surface area contributed by atoms with Crippen molar-refractivity contribution >= 4 is 5.96 Å². The molecule has 1 aliphatic heterocycles. The number of halogens is 3. The maximum atomic E-state index is 13.1. The molecule has 0 aliphatic carbocycles. The molecule has 0 amide bonds. The second kappa shape index (κ2) is 10.7. The van der Waals surface area contributed by atoms with E-state index < -0.39 is 11.9 Å². The SMILES string of the molecule is CCNC(=NCc1cn(C)nc1C(F)(F)F)NC1CCN(CCCOC)CC1. The Kier molecular flexibility index (Phi) is 8.56. The third-order valence-corrected chi connectivity index (χ3v) is 4.68. The molecule has 160 valence electrons. The summed E-state index contributed by atoms with van der Waals surface area (Å²) in [4.78, 5) is 6.77. The lowest BCUT2D eigenvalue weighted by Gasteiger charge is -2.33. The summed E-state index contributed by atoms with van der Waals surface area (Å²) in [5.41, 5.74) is -0.806. The molecule has 1 aromatic heterocycles. The second-order valence-corrected chi connectivity index (χ2v) is 6.98. The lowest BCUT2D eigenvalue weighted by Crippen LogP contribution is -2.48. The van der Waals surface area contributed by atoms with Crippen molar-refractivity contribution in [2.75, 3.05) is 39.9 Å². The molecule has 1 aromatic rings. The van der Waals surface area contributed by atoms with E-state index in [0.717, 1.165) is 45.5 Å². The highest BCUT2D eigenvalue weighted by atomic mass is 19.4. The molecule has 1 saturated heterocycles. The zero-order valence-corrected chi connectivity index (χ0v) is 16.8. The molecule has 0 unspecified atom stereocenters. The lowest BCUT2D eigenvalue weighted by atomic mass is 10.1. The first-order valence-electron chi connectivity index (χ1n) is 9.69. The van der Waals surface area contributed by atoms with E-state index in [9.17, 15) is 13.2 Å². The van der Waals surface area contributed by atoms with Gasteiger partial charge in [0, 0.05) is 64.7 Å². The van der Waals surface area contributed by atoms with Gasteiger partial charge in [-0.1, -0.05) is 0 Å². The molecule has 1 aliphatic rings. The minimum Gasteiger partial charge on any atom is -0.385 e. The van der Waals surface area contributed by atoms with Gasteiger partial charge in [0.15, 0.2) is 11.7 Å². The van der Waals surface area contributed by atoms with Gasteiger partial charge in [0.1, 0.15) is 0 Å². The first-order chi connectivity index (χ1) is 13.3. The van der Waals surface area contributed by atoms with Gasteiger partial charge in [-0.05, 0) is 26.2 Å². The summed E-state index contributed by atoms with van der Waals surface area (Å²) in [7, 11) is 3.19. The zero-order chi connectivity index (χ0) is 20.6. The lowest BCUT2D eigenvalue weighted by molar-refractivity contribution is -0.142. The van der Waals surface area contributed by atoms with Crippen molar-refractivity contribution in [3.05, 3.63) is 17.5 Å². The Labute approximate surface area is 164 Å². The standard InChI is InChI=1S/C18H31F3N6O/c1-4-22-17(23-12-14-13-26(2)25-16(14)18(19,20)21)24-15-6-9-27(10-7-15)8-5-11-28-3/h13,15H,4-12H2,1-3H3,(H2,22,23,24). The Bertz CT molecular complexity index is 623. The van der Waals surface area contributed by atoms with Gasteiger partial charge in [-0.25, -0.2) is 4.99 Å². The molecule has 0 spiro atoms. The summed E-state index contributed by atoms with van der Waals surface area (Å²) >= 11 is 0. The molecule has 2 rings (SSSR count). The quantitative estimate of drug-likeness (QED) is 0.394. The van der Waals surface area contributed by atoms with Gasteiger partial charge in [-0.2, -0.15) is 18.3 Å². The Hall–Kier alpha value is -1.81. The normalized spacial score (nSPS) is 17.1. The van der Waals surface area contributed by atoms with Crippen LogP contribution >= 0.6 is 0 Å². The first kappa shape index (κ1) is 22.5. The van der Waals surface area contributed by atoms with E-state index in [1.165, 1.54) is 17.9 Å². The molecule has 2 N–H and O–H groups in total. The molecule has 0 aromatic carbocycles. The average molecular weight is 404 g/mol. The van der Waals surface area contributed by atoms with Crippen LogP contribution in [0.15, 0.2) is 11.2 Å². The summed E-state index contributed by atoms with van der Waals surface area (Å²) in [6.45, 7) is 6.26. The van der Waals surface area contributed by atoms with E-state index in [-0.39, 0.29) is 18.2 Å². The van der Waals surface area contributed by atoms with E-state index in [1.807, 2.05) is 6.92 Å². The van der Waals surface area contributed by atoms with Crippen molar-refractivity contribution < 1.29 is 17.9 Å². The third-order valence-electron chi connectivity index (χ3n) is 4.68. The van der Waals surface area contributed by atoms with Crippen molar-refractivity contribution in [2.24, 2.45) is 12.0 Å². The van der Waals surface area contributed by atoms with Crippen molar-refractivity contribution in [3.8, 4) is 0 Å². The number of methoxy groups -OCH3 is 1. The van der Waals surface area contributed by atoms with Crippen LogP contribution in [0.25, 0.3) is 0 Å². The fourth-order valence-corrected chi connectivity index (χ4v) is 3.30. The van der Waals surface area contributed by atoms with Crippen LogP contribution in [0.5, 0.6) is 0 Å². The third kappa shape index (κ3) is 6.97. The Morgan fingerprint density at radius 2 is 2.07 bits per heavy atom. The van der Waals surface area contributed by atoms with Crippen molar-refractivity contribution in [2.45, 2.75) is 44.9 Å². The van der Waals surface area contributed by atoms with Gasteiger partial charge in [0.2, 0.25) is 0 Å². The molecule has 7 nitrogen and oxygen atoms in total. The number of nitrogens with one attached hydrogen (secondary N) is 2. The molecule has 0 radical (unpaired) electrons. The number of alkyl halides is 3. The summed E-state index contributed by atoms with van der Waals surface area (Å²) in [5.74, 6) is 0.539.